The van der Waals surface area contributed by atoms with Crippen LogP contribution in [-0.2, 0) is 17.8 Å². The zero-order valence-electron chi connectivity index (χ0n) is 12.5. The van der Waals surface area contributed by atoms with Crippen molar-refractivity contribution >= 4 is 5.91 Å². The summed E-state index contributed by atoms with van der Waals surface area (Å²) in [5, 5.41) is 7.11. The molecule has 1 aromatic carbocycles. The summed E-state index contributed by atoms with van der Waals surface area (Å²) in [7, 11) is 0. The summed E-state index contributed by atoms with van der Waals surface area (Å²) in [6, 6.07) is 7.50. The Kier molecular flexibility index (Phi) is 4.27. The van der Waals surface area contributed by atoms with Gasteiger partial charge in [-0.1, -0.05) is 6.07 Å². The molecule has 1 N–H and O–H groups in total. The molecule has 6 nitrogen and oxygen atoms in total. The van der Waals surface area contributed by atoms with E-state index >= 15 is 0 Å². The van der Waals surface area contributed by atoms with E-state index in [1.54, 1.807) is 10.9 Å². The van der Waals surface area contributed by atoms with Crippen LogP contribution in [0.2, 0.25) is 0 Å². The maximum absolute atomic E-state index is 12.1. The predicted molar refractivity (Wildman–Crippen MR) is 81.0 cm³/mol. The molecule has 6 heteroatoms. The molecule has 2 aromatic rings. The molecule has 0 aliphatic carbocycles. The number of amides is 1. The zero-order valence-corrected chi connectivity index (χ0v) is 12.5. The van der Waals surface area contributed by atoms with Crippen molar-refractivity contribution in [3.63, 3.8) is 0 Å². The van der Waals surface area contributed by atoms with Gasteiger partial charge in [0, 0.05) is 18.4 Å². The van der Waals surface area contributed by atoms with Gasteiger partial charge in [-0.05, 0) is 30.7 Å². The van der Waals surface area contributed by atoms with Crippen LogP contribution in [0.3, 0.4) is 0 Å². The van der Waals surface area contributed by atoms with Crippen LogP contribution in [0, 0.1) is 0 Å². The van der Waals surface area contributed by atoms with E-state index in [0.29, 0.717) is 31.9 Å². The lowest BCUT2D eigenvalue weighted by Crippen LogP contribution is -2.36. The normalized spacial score (nSPS) is 14.4. The maximum atomic E-state index is 12.1. The first kappa shape index (κ1) is 14.4. The molecule has 1 aliphatic rings. The first-order chi connectivity index (χ1) is 10.7. The average molecular weight is 301 g/mol. The quantitative estimate of drug-likeness (QED) is 0.906. The van der Waals surface area contributed by atoms with E-state index in [0.717, 1.165) is 11.3 Å². The van der Waals surface area contributed by atoms with Crippen LogP contribution in [0.25, 0.3) is 0 Å². The van der Waals surface area contributed by atoms with Crippen LogP contribution in [0.4, 0.5) is 0 Å². The number of ether oxygens (including phenoxy) is 2. The highest BCUT2D eigenvalue weighted by Gasteiger charge is 2.14. The smallest absolute Gasteiger partial charge is 0.224 e. The van der Waals surface area contributed by atoms with Crippen molar-refractivity contribution in [1.82, 2.24) is 15.1 Å². The average Bonchev–Trinajstić information content (AvgIpc) is 2.99. The number of fused-ring (bicyclic) bond motifs is 1. The van der Waals surface area contributed by atoms with Crippen molar-refractivity contribution in [3.8, 4) is 11.5 Å². The summed E-state index contributed by atoms with van der Waals surface area (Å²) < 4.78 is 12.8. The molecule has 0 fully saturated rings. The Morgan fingerprint density at radius 3 is 2.95 bits per heavy atom. The van der Waals surface area contributed by atoms with Gasteiger partial charge in [-0.15, -0.1) is 0 Å². The van der Waals surface area contributed by atoms with Crippen LogP contribution >= 0.6 is 0 Å². The third kappa shape index (κ3) is 3.58. The Morgan fingerprint density at radius 1 is 1.36 bits per heavy atom. The zero-order chi connectivity index (χ0) is 15.4. The van der Waals surface area contributed by atoms with Crippen LogP contribution in [-0.4, -0.2) is 34.9 Å². The summed E-state index contributed by atoms with van der Waals surface area (Å²) in [4.78, 5) is 12.1. The molecule has 0 saturated heterocycles. The molecule has 0 radical (unpaired) electrons. The number of nitrogens with one attached hydrogen (secondary N) is 1. The second-order valence-corrected chi connectivity index (χ2v) is 5.35. The van der Waals surface area contributed by atoms with E-state index in [1.165, 1.54) is 0 Å². The van der Waals surface area contributed by atoms with Gasteiger partial charge < -0.3 is 14.8 Å². The molecule has 116 valence electrons. The van der Waals surface area contributed by atoms with Gasteiger partial charge in [0.1, 0.15) is 13.2 Å². The fourth-order valence-corrected chi connectivity index (χ4v) is 2.44. The van der Waals surface area contributed by atoms with Crippen molar-refractivity contribution in [1.29, 1.82) is 0 Å². The molecular weight excluding hydrogens is 282 g/mol. The predicted octanol–water partition coefficient (Wildman–Crippen LogP) is 1.40. The third-order valence-electron chi connectivity index (χ3n) is 3.40. The summed E-state index contributed by atoms with van der Waals surface area (Å²) in [6.45, 7) is 3.73. The molecular formula is C16H19N3O3. The van der Waals surface area contributed by atoms with Crippen molar-refractivity contribution in [2.75, 3.05) is 13.2 Å². The number of benzene rings is 1. The highest BCUT2D eigenvalue weighted by Crippen LogP contribution is 2.30. The van der Waals surface area contributed by atoms with Gasteiger partial charge in [0.15, 0.2) is 11.5 Å². The first-order valence-corrected chi connectivity index (χ1v) is 7.36. The Bertz CT molecular complexity index is 640. The summed E-state index contributed by atoms with van der Waals surface area (Å²) in [6.07, 6.45) is 3.92. The van der Waals surface area contributed by atoms with Crippen LogP contribution in [0.1, 0.15) is 12.5 Å². The van der Waals surface area contributed by atoms with E-state index in [1.807, 2.05) is 37.4 Å². The Morgan fingerprint density at radius 2 is 2.18 bits per heavy atom. The molecule has 0 bridgehead atoms. The van der Waals surface area contributed by atoms with Crippen LogP contribution < -0.4 is 14.8 Å². The van der Waals surface area contributed by atoms with E-state index in [4.69, 9.17) is 9.47 Å². The topological polar surface area (TPSA) is 65.4 Å². The number of hydrogen-bond donors (Lipinski definition) is 1. The van der Waals surface area contributed by atoms with E-state index < -0.39 is 0 Å². The second-order valence-electron chi connectivity index (χ2n) is 5.35. The summed E-state index contributed by atoms with van der Waals surface area (Å²) >= 11 is 0. The van der Waals surface area contributed by atoms with Crippen LogP contribution in [0.15, 0.2) is 36.7 Å². The number of carbonyl (C=O) groups excluding carboxylic acids is 1. The Balaban J connectivity index is 1.55. The Labute approximate surface area is 129 Å². The fraction of sp³-hybridized carbons (Fsp3) is 0.375. The number of aromatic nitrogens is 2. The van der Waals surface area contributed by atoms with E-state index in [2.05, 4.69) is 10.4 Å². The highest BCUT2D eigenvalue weighted by molar-refractivity contribution is 5.79. The standard InChI is InChI=1S/C16H19N3O3/c1-12(11-19-6-2-5-17-19)18-16(20)10-13-3-4-14-15(9-13)22-8-7-21-14/h2-6,9,12H,7-8,10-11H2,1H3,(H,18,20)/t12-/m0/s1. The minimum atomic E-state index is -0.0173. The van der Waals surface area contributed by atoms with Gasteiger partial charge in [-0.2, -0.15) is 5.10 Å². The molecule has 1 amide bonds. The molecule has 0 spiro atoms. The SMILES string of the molecule is C[C@@H](Cn1cccn1)NC(=O)Cc1ccc2c(c1)OCCO2. The van der Waals surface area contributed by atoms with E-state index in [9.17, 15) is 4.79 Å². The molecule has 1 aromatic heterocycles. The van der Waals surface area contributed by atoms with Crippen molar-refractivity contribution in [2.24, 2.45) is 0 Å². The van der Waals surface area contributed by atoms with Gasteiger partial charge >= 0.3 is 0 Å². The molecule has 3 rings (SSSR count). The molecule has 2 heterocycles. The number of hydrogen-bond acceptors (Lipinski definition) is 4. The first-order valence-electron chi connectivity index (χ1n) is 7.36. The molecule has 0 unspecified atom stereocenters. The molecule has 1 aliphatic heterocycles. The number of carbonyl (C=O) groups is 1. The van der Waals surface area contributed by atoms with Gasteiger partial charge in [-0.25, -0.2) is 0 Å². The molecule has 22 heavy (non-hydrogen) atoms. The Hall–Kier alpha value is -2.50. The lowest BCUT2D eigenvalue weighted by molar-refractivity contribution is -0.121. The lowest BCUT2D eigenvalue weighted by atomic mass is 10.1. The fourth-order valence-electron chi connectivity index (χ4n) is 2.44. The third-order valence-corrected chi connectivity index (χ3v) is 3.40. The van der Waals surface area contributed by atoms with Crippen molar-refractivity contribution < 1.29 is 14.3 Å². The monoisotopic (exact) mass is 301 g/mol. The van der Waals surface area contributed by atoms with Gasteiger partial charge in [0.2, 0.25) is 5.91 Å². The summed E-state index contributed by atoms with van der Waals surface area (Å²) in [5.74, 6) is 1.43. The molecule has 1 atom stereocenters. The number of nitrogens with zero attached hydrogens (tertiary/aromatic N) is 2. The summed E-state index contributed by atoms with van der Waals surface area (Å²) in [5.41, 5.74) is 0.910. The van der Waals surface area contributed by atoms with Gasteiger partial charge in [0.25, 0.3) is 0 Å². The van der Waals surface area contributed by atoms with Crippen LogP contribution in [0.5, 0.6) is 11.5 Å². The lowest BCUT2D eigenvalue weighted by Gasteiger charge is -2.19. The van der Waals surface area contributed by atoms with Crippen molar-refractivity contribution in [3.05, 3.63) is 42.2 Å². The largest absolute Gasteiger partial charge is 0.486 e. The van der Waals surface area contributed by atoms with Gasteiger partial charge in [-0.3, -0.25) is 9.48 Å². The number of rotatable bonds is 5. The second kappa shape index (κ2) is 6.51. The highest BCUT2D eigenvalue weighted by atomic mass is 16.6. The molecule has 0 saturated carbocycles. The van der Waals surface area contributed by atoms with Gasteiger partial charge in [0.05, 0.1) is 13.0 Å². The minimum absolute atomic E-state index is 0.0173. The minimum Gasteiger partial charge on any atom is -0.486 e. The maximum Gasteiger partial charge on any atom is 0.224 e. The van der Waals surface area contributed by atoms with Crippen molar-refractivity contribution in [2.45, 2.75) is 25.9 Å². The van der Waals surface area contributed by atoms with E-state index in [-0.39, 0.29) is 11.9 Å².